The fourth-order valence-corrected chi connectivity index (χ4v) is 0.909. The molecule has 1 heterocycles. The lowest BCUT2D eigenvalue weighted by Crippen LogP contribution is -1.81. The van der Waals surface area contributed by atoms with Crippen LogP contribution in [0.25, 0.3) is 0 Å². The summed E-state index contributed by atoms with van der Waals surface area (Å²) in [6, 6.07) is 4.08. The highest BCUT2D eigenvalue weighted by atomic mass is 79.9. The molecule has 1 nitrogen and oxygen atoms in total. The Bertz CT molecular complexity index is 181. The summed E-state index contributed by atoms with van der Waals surface area (Å²) in [4.78, 5) is 4.12. The van der Waals surface area contributed by atoms with Crippen molar-refractivity contribution in [2.24, 2.45) is 0 Å². The van der Waals surface area contributed by atoms with Gasteiger partial charge in [0.1, 0.15) is 0 Å². The summed E-state index contributed by atoms with van der Waals surface area (Å²) in [6.45, 7) is 1.98. The first-order chi connectivity index (χ1) is 4.33. The van der Waals surface area contributed by atoms with Crippen LogP contribution in [-0.4, -0.2) is 4.98 Å². The first kappa shape index (κ1) is 6.75. The minimum atomic E-state index is 0.889. The molecule has 0 saturated heterocycles. The van der Waals surface area contributed by atoms with Crippen molar-refractivity contribution in [3.63, 3.8) is 0 Å². The Kier molecular flexibility index (Phi) is 2.22. The van der Waals surface area contributed by atoms with E-state index in [-0.39, 0.29) is 0 Å². The van der Waals surface area contributed by atoms with E-state index in [1.54, 1.807) is 0 Å². The zero-order valence-electron chi connectivity index (χ0n) is 5.26. The lowest BCUT2D eigenvalue weighted by Gasteiger charge is -1.92. The lowest BCUT2D eigenvalue weighted by atomic mass is 10.3. The average molecular weight is 186 g/mol. The Balaban J connectivity index is 2.88. The normalized spacial score (nSPS) is 9.56. The van der Waals surface area contributed by atoms with Gasteiger partial charge in [0.05, 0.1) is 0 Å². The number of hydrogen-bond acceptors (Lipinski definition) is 1. The maximum absolute atomic E-state index is 4.12. The Morgan fingerprint density at radius 2 is 2.33 bits per heavy atom. The molecule has 9 heavy (non-hydrogen) atoms. The molecule has 0 bridgehead atoms. The van der Waals surface area contributed by atoms with Gasteiger partial charge in [-0.15, -0.1) is 0 Å². The van der Waals surface area contributed by atoms with Crippen molar-refractivity contribution in [2.75, 3.05) is 0 Å². The first-order valence-corrected chi connectivity index (χ1v) is 3.92. The number of halogens is 1. The maximum atomic E-state index is 4.12. The van der Waals surface area contributed by atoms with Crippen molar-refractivity contribution < 1.29 is 0 Å². The Hall–Kier alpha value is -0.370. The van der Waals surface area contributed by atoms with E-state index < -0.39 is 0 Å². The summed E-state index contributed by atoms with van der Waals surface area (Å²) in [5, 5.41) is 0.889. The highest BCUT2D eigenvalue weighted by molar-refractivity contribution is 9.08. The van der Waals surface area contributed by atoms with Crippen LogP contribution in [0.5, 0.6) is 0 Å². The molecule has 1 rings (SSSR count). The van der Waals surface area contributed by atoms with Crippen LogP contribution in [0, 0.1) is 6.92 Å². The minimum absolute atomic E-state index is 0.889. The number of rotatable bonds is 1. The molecule has 0 aliphatic carbocycles. The monoisotopic (exact) mass is 185 g/mol. The van der Waals surface area contributed by atoms with E-state index in [2.05, 4.69) is 27.0 Å². The number of aromatic nitrogens is 1. The molecule has 0 aliphatic rings. The molecule has 0 unspecified atom stereocenters. The number of pyridine rings is 1. The lowest BCUT2D eigenvalue weighted by molar-refractivity contribution is 1.17. The second-order valence-corrected chi connectivity index (χ2v) is 2.50. The molecule has 0 amide bonds. The first-order valence-electron chi connectivity index (χ1n) is 2.80. The third-order valence-electron chi connectivity index (χ3n) is 1.13. The predicted octanol–water partition coefficient (Wildman–Crippen LogP) is 2.28. The predicted molar refractivity (Wildman–Crippen MR) is 41.6 cm³/mol. The van der Waals surface area contributed by atoms with Gasteiger partial charge in [-0.25, -0.2) is 0 Å². The molecule has 0 N–H and O–H groups in total. The van der Waals surface area contributed by atoms with Crippen LogP contribution in [0.1, 0.15) is 11.3 Å². The van der Waals surface area contributed by atoms with Gasteiger partial charge in [0.25, 0.3) is 0 Å². The van der Waals surface area contributed by atoms with Crippen molar-refractivity contribution in [1.29, 1.82) is 0 Å². The van der Waals surface area contributed by atoms with Crippen LogP contribution in [0.4, 0.5) is 0 Å². The molecule has 0 aliphatic heterocycles. The molecular weight excluding hydrogens is 178 g/mol. The summed E-state index contributed by atoms with van der Waals surface area (Å²) in [5.74, 6) is 0. The quantitative estimate of drug-likeness (QED) is 0.613. The molecule has 1 aromatic heterocycles. The SMILES string of the molecule is Cc1ccc(CBr)cn1. The van der Waals surface area contributed by atoms with Crippen LogP contribution in [0.15, 0.2) is 18.3 Å². The second-order valence-electron chi connectivity index (χ2n) is 1.94. The molecule has 48 valence electrons. The van der Waals surface area contributed by atoms with Crippen LogP contribution in [-0.2, 0) is 5.33 Å². The second kappa shape index (κ2) is 2.97. The van der Waals surface area contributed by atoms with Crippen molar-refractivity contribution in [3.05, 3.63) is 29.6 Å². The van der Waals surface area contributed by atoms with Crippen LogP contribution in [0.2, 0.25) is 0 Å². The van der Waals surface area contributed by atoms with Gasteiger partial charge >= 0.3 is 0 Å². The van der Waals surface area contributed by atoms with Gasteiger partial charge in [-0.3, -0.25) is 4.98 Å². The molecule has 0 atom stereocenters. The number of aryl methyl sites for hydroxylation is 1. The van der Waals surface area contributed by atoms with Gasteiger partial charge in [0.2, 0.25) is 0 Å². The van der Waals surface area contributed by atoms with Crippen molar-refractivity contribution in [1.82, 2.24) is 4.98 Å². The molecule has 1 aromatic rings. The maximum Gasteiger partial charge on any atom is 0.0372 e. The van der Waals surface area contributed by atoms with E-state index in [1.807, 2.05) is 19.2 Å². The van der Waals surface area contributed by atoms with Crippen molar-refractivity contribution in [3.8, 4) is 0 Å². The zero-order valence-corrected chi connectivity index (χ0v) is 6.85. The zero-order chi connectivity index (χ0) is 6.69. The Morgan fingerprint density at radius 3 is 2.78 bits per heavy atom. The smallest absolute Gasteiger partial charge is 0.0372 e. The van der Waals surface area contributed by atoms with Gasteiger partial charge < -0.3 is 0 Å². The number of hydrogen-bond donors (Lipinski definition) is 0. The topological polar surface area (TPSA) is 12.9 Å². The molecule has 2 heteroatoms. The van der Waals surface area contributed by atoms with Gasteiger partial charge in [0, 0.05) is 17.2 Å². The molecule has 0 aromatic carbocycles. The van der Waals surface area contributed by atoms with E-state index >= 15 is 0 Å². The fraction of sp³-hybridized carbons (Fsp3) is 0.286. The van der Waals surface area contributed by atoms with Crippen LogP contribution < -0.4 is 0 Å². The summed E-state index contributed by atoms with van der Waals surface area (Å²) in [6.07, 6.45) is 1.88. The molecular formula is C7H8BrN. The van der Waals surface area contributed by atoms with Gasteiger partial charge in [-0.1, -0.05) is 22.0 Å². The van der Waals surface area contributed by atoms with E-state index in [0.29, 0.717) is 0 Å². The van der Waals surface area contributed by atoms with Gasteiger partial charge in [-0.05, 0) is 18.6 Å². The largest absolute Gasteiger partial charge is 0.261 e. The average Bonchev–Trinajstić information content (AvgIpc) is 1.90. The number of nitrogens with zero attached hydrogens (tertiary/aromatic N) is 1. The van der Waals surface area contributed by atoms with Crippen molar-refractivity contribution >= 4 is 15.9 Å². The minimum Gasteiger partial charge on any atom is -0.261 e. The van der Waals surface area contributed by atoms with Crippen molar-refractivity contribution in [2.45, 2.75) is 12.3 Å². The standard InChI is InChI=1S/C7H8BrN/c1-6-2-3-7(4-8)5-9-6/h2-3,5H,4H2,1H3. The van der Waals surface area contributed by atoms with Crippen LogP contribution >= 0.6 is 15.9 Å². The highest BCUT2D eigenvalue weighted by Gasteiger charge is 1.87. The van der Waals surface area contributed by atoms with Gasteiger partial charge in [-0.2, -0.15) is 0 Å². The van der Waals surface area contributed by atoms with Crippen LogP contribution in [0.3, 0.4) is 0 Å². The molecule has 0 spiro atoms. The number of alkyl halides is 1. The fourth-order valence-electron chi connectivity index (χ4n) is 0.577. The third-order valence-corrected chi connectivity index (χ3v) is 1.77. The molecule has 0 radical (unpaired) electrons. The molecule has 0 saturated carbocycles. The van der Waals surface area contributed by atoms with E-state index in [4.69, 9.17) is 0 Å². The summed E-state index contributed by atoms with van der Waals surface area (Å²) >= 11 is 3.34. The van der Waals surface area contributed by atoms with E-state index in [1.165, 1.54) is 5.56 Å². The summed E-state index contributed by atoms with van der Waals surface area (Å²) in [7, 11) is 0. The molecule has 0 fully saturated rings. The highest BCUT2D eigenvalue weighted by Crippen LogP contribution is 2.03. The summed E-state index contributed by atoms with van der Waals surface area (Å²) < 4.78 is 0. The van der Waals surface area contributed by atoms with Gasteiger partial charge in [0.15, 0.2) is 0 Å². The third kappa shape index (κ3) is 1.79. The Morgan fingerprint density at radius 1 is 1.56 bits per heavy atom. The summed E-state index contributed by atoms with van der Waals surface area (Å²) in [5.41, 5.74) is 2.29. The van der Waals surface area contributed by atoms with E-state index in [0.717, 1.165) is 11.0 Å². The Labute approximate surface area is 63.2 Å². The van der Waals surface area contributed by atoms with E-state index in [9.17, 15) is 0 Å².